The number of fused-ring (bicyclic) bond motifs is 1. The molecule has 1 saturated heterocycles. The van der Waals surface area contributed by atoms with Crippen molar-refractivity contribution in [1.82, 2.24) is 0 Å². The highest BCUT2D eigenvalue weighted by atomic mass is 16.6. The van der Waals surface area contributed by atoms with Crippen LogP contribution in [0.2, 0.25) is 0 Å². The van der Waals surface area contributed by atoms with Gasteiger partial charge in [0.25, 0.3) is 0 Å². The zero-order valence-electron chi connectivity index (χ0n) is 9.43. The number of rotatable bonds is 4. The van der Waals surface area contributed by atoms with Gasteiger partial charge in [0.05, 0.1) is 13.2 Å². The van der Waals surface area contributed by atoms with Gasteiger partial charge in [-0.3, -0.25) is 0 Å². The summed E-state index contributed by atoms with van der Waals surface area (Å²) in [5.74, 6) is 0.855. The van der Waals surface area contributed by atoms with Crippen molar-refractivity contribution in [2.75, 3.05) is 13.2 Å². The molecule has 0 aromatic heterocycles. The average molecular weight is 230 g/mol. The highest BCUT2D eigenvalue weighted by molar-refractivity contribution is 5.90. The lowest BCUT2D eigenvalue weighted by Crippen LogP contribution is -2.04. The van der Waals surface area contributed by atoms with Gasteiger partial charge in [0, 0.05) is 5.39 Å². The van der Waals surface area contributed by atoms with E-state index in [1.807, 2.05) is 36.4 Å². The van der Waals surface area contributed by atoms with E-state index in [4.69, 9.17) is 9.47 Å². The van der Waals surface area contributed by atoms with Crippen LogP contribution in [0.5, 0.6) is 5.75 Å². The number of aliphatic hydroxyl groups is 1. The number of aliphatic hydroxyl groups excluding tert-OH is 1. The van der Waals surface area contributed by atoms with Crippen LogP contribution >= 0.6 is 0 Å². The molecule has 17 heavy (non-hydrogen) atoms. The highest BCUT2D eigenvalue weighted by Crippen LogP contribution is 2.28. The minimum absolute atomic E-state index is 0.0481. The van der Waals surface area contributed by atoms with Gasteiger partial charge in [0.15, 0.2) is 0 Å². The van der Waals surface area contributed by atoms with Crippen molar-refractivity contribution in [3.05, 3.63) is 42.0 Å². The number of ether oxygens (including phenoxy) is 2. The predicted molar refractivity (Wildman–Crippen MR) is 65.1 cm³/mol. The van der Waals surface area contributed by atoms with Crippen molar-refractivity contribution in [3.8, 4) is 5.75 Å². The third-order valence-corrected chi connectivity index (χ3v) is 2.97. The van der Waals surface area contributed by atoms with Crippen LogP contribution in [0.3, 0.4) is 0 Å². The standard InChI is InChI=1S/C14H14O3/c15-7-10-3-1-5-13-12(10)4-2-6-14(13)17-9-11-8-16-11/h1-6,11,15H,7-9H2/t11-/m0/s1. The Labute approximate surface area is 99.6 Å². The quantitative estimate of drug-likeness (QED) is 0.818. The van der Waals surface area contributed by atoms with E-state index in [0.717, 1.165) is 28.7 Å². The molecule has 2 aromatic rings. The molecule has 0 saturated carbocycles. The van der Waals surface area contributed by atoms with E-state index in [0.29, 0.717) is 6.61 Å². The molecule has 2 aromatic carbocycles. The third-order valence-electron chi connectivity index (χ3n) is 2.97. The van der Waals surface area contributed by atoms with Gasteiger partial charge >= 0.3 is 0 Å². The molecule has 3 rings (SSSR count). The maximum atomic E-state index is 9.29. The van der Waals surface area contributed by atoms with E-state index in [-0.39, 0.29) is 12.7 Å². The second-order valence-corrected chi connectivity index (χ2v) is 4.19. The van der Waals surface area contributed by atoms with Crippen molar-refractivity contribution < 1.29 is 14.6 Å². The van der Waals surface area contributed by atoms with Gasteiger partial charge in [-0.05, 0) is 17.0 Å². The first-order valence-electron chi connectivity index (χ1n) is 5.74. The lowest BCUT2D eigenvalue weighted by molar-refractivity contribution is 0.265. The Morgan fingerprint density at radius 3 is 2.71 bits per heavy atom. The van der Waals surface area contributed by atoms with Crippen molar-refractivity contribution in [1.29, 1.82) is 0 Å². The molecule has 3 nitrogen and oxygen atoms in total. The van der Waals surface area contributed by atoms with Crippen molar-refractivity contribution >= 4 is 10.8 Å². The molecular formula is C14H14O3. The summed E-state index contributed by atoms with van der Waals surface area (Å²) in [5.41, 5.74) is 0.927. The Hall–Kier alpha value is -1.58. The molecule has 0 amide bonds. The summed E-state index contributed by atoms with van der Waals surface area (Å²) in [6, 6.07) is 11.8. The smallest absolute Gasteiger partial charge is 0.127 e. The van der Waals surface area contributed by atoms with Crippen LogP contribution in [0.4, 0.5) is 0 Å². The zero-order chi connectivity index (χ0) is 11.7. The molecule has 1 N–H and O–H groups in total. The van der Waals surface area contributed by atoms with Crippen LogP contribution < -0.4 is 4.74 Å². The van der Waals surface area contributed by atoms with Gasteiger partial charge in [-0.2, -0.15) is 0 Å². The van der Waals surface area contributed by atoms with Gasteiger partial charge in [-0.1, -0.05) is 30.3 Å². The Balaban J connectivity index is 1.99. The normalized spacial score (nSPS) is 18.3. The third kappa shape index (κ3) is 2.12. The Kier molecular flexibility index (Phi) is 2.71. The van der Waals surface area contributed by atoms with Crippen LogP contribution in [0.15, 0.2) is 36.4 Å². The summed E-state index contributed by atoms with van der Waals surface area (Å²) < 4.78 is 10.9. The Morgan fingerprint density at radius 2 is 1.94 bits per heavy atom. The first-order chi connectivity index (χ1) is 8.38. The van der Waals surface area contributed by atoms with Crippen LogP contribution in [-0.4, -0.2) is 24.4 Å². The summed E-state index contributed by atoms with van der Waals surface area (Å²) >= 11 is 0. The zero-order valence-corrected chi connectivity index (χ0v) is 9.43. The molecule has 1 atom stereocenters. The fraction of sp³-hybridized carbons (Fsp3) is 0.286. The molecule has 0 radical (unpaired) electrons. The van der Waals surface area contributed by atoms with Gasteiger partial charge in [0.1, 0.15) is 18.5 Å². The van der Waals surface area contributed by atoms with Crippen LogP contribution in [-0.2, 0) is 11.3 Å². The summed E-state index contributed by atoms with van der Waals surface area (Å²) in [6.07, 6.45) is 0.256. The number of hydrogen-bond acceptors (Lipinski definition) is 3. The fourth-order valence-corrected chi connectivity index (χ4v) is 1.96. The average Bonchev–Trinajstić information content (AvgIpc) is 3.19. The maximum Gasteiger partial charge on any atom is 0.127 e. The maximum absolute atomic E-state index is 9.29. The number of benzene rings is 2. The highest BCUT2D eigenvalue weighted by Gasteiger charge is 2.23. The second kappa shape index (κ2) is 4.35. The number of hydrogen-bond donors (Lipinski definition) is 1. The lowest BCUT2D eigenvalue weighted by Gasteiger charge is -2.10. The fourth-order valence-electron chi connectivity index (χ4n) is 1.96. The molecule has 1 fully saturated rings. The topological polar surface area (TPSA) is 42.0 Å². The van der Waals surface area contributed by atoms with Gasteiger partial charge in [-0.25, -0.2) is 0 Å². The predicted octanol–water partition coefficient (Wildman–Crippen LogP) is 2.11. The molecule has 0 spiro atoms. The van der Waals surface area contributed by atoms with E-state index in [9.17, 15) is 5.11 Å². The Morgan fingerprint density at radius 1 is 1.18 bits per heavy atom. The molecule has 1 aliphatic heterocycles. The SMILES string of the molecule is OCc1cccc2c(OC[C@@H]3CO3)cccc12. The van der Waals surface area contributed by atoms with Gasteiger partial charge in [-0.15, -0.1) is 0 Å². The first-order valence-corrected chi connectivity index (χ1v) is 5.74. The molecule has 0 bridgehead atoms. The second-order valence-electron chi connectivity index (χ2n) is 4.19. The number of epoxide rings is 1. The van der Waals surface area contributed by atoms with Crippen LogP contribution in [0.25, 0.3) is 10.8 Å². The molecule has 1 heterocycles. The lowest BCUT2D eigenvalue weighted by atomic mass is 10.0. The minimum Gasteiger partial charge on any atom is -0.490 e. The minimum atomic E-state index is 0.0481. The van der Waals surface area contributed by atoms with E-state index in [2.05, 4.69) is 0 Å². The van der Waals surface area contributed by atoms with Crippen molar-refractivity contribution in [2.45, 2.75) is 12.7 Å². The summed E-state index contributed by atoms with van der Waals surface area (Å²) in [5, 5.41) is 11.4. The van der Waals surface area contributed by atoms with Crippen molar-refractivity contribution in [3.63, 3.8) is 0 Å². The largest absolute Gasteiger partial charge is 0.490 e. The van der Waals surface area contributed by atoms with Crippen LogP contribution in [0, 0.1) is 0 Å². The summed E-state index contributed by atoms with van der Waals surface area (Å²) in [6.45, 7) is 1.45. The summed E-state index contributed by atoms with van der Waals surface area (Å²) in [4.78, 5) is 0. The van der Waals surface area contributed by atoms with Crippen LogP contribution in [0.1, 0.15) is 5.56 Å². The van der Waals surface area contributed by atoms with Gasteiger partial charge < -0.3 is 14.6 Å². The monoisotopic (exact) mass is 230 g/mol. The first kappa shape index (κ1) is 10.6. The van der Waals surface area contributed by atoms with E-state index < -0.39 is 0 Å². The molecule has 3 heteroatoms. The van der Waals surface area contributed by atoms with E-state index in [1.165, 1.54) is 0 Å². The molecule has 0 unspecified atom stereocenters. The van der Waals surface area contributed by atoms with Crippen molar-refractivity contribution in [2.24, 2.45) is 0 Å². The molecule has 0 aliphatic carbocycles. The molecular weight excluding hydrogens is 216 g/mol. The molecule has 1 aliphatic rings. The Bertz CT molecular complexity index is 532. The van der Waals surface area contributed by atoms with Gasteiger partial charge in [0.2, 0.25) is 0 Å². The van der Waals surface area contributed by atoms with E-state index in [1.54, 1.807) is 0 Å². The van der Waals surface area contributed by atoms with E-state index >= 15 is 0 Å². The molecule has 88 valence electrons. The summed E-state index contributed by atoms with van der Waals surface area (Å²) in [7, 11) is 0.